The predicted molar refractivity (Wildman–Crippen MR) is 282 cm³/mol. The first-order valence-electron chi connectivity index (χ1n) is 28.7. The average Bonchev–Trinajstić information content (AvgIpc) is 3.30. The molecule has 0 radical (unpaired) electrons. The third kappa shape index (κ3) is 48.3. The van der Waals surface area contributed by atoms with Crippen molar-refractivity contribution >= 4 is 11.9 Å². The number of allylic oxidation sites excluding steroid dienone is 6. The number of ether oxygens (including phenoxy) is 1. The summed E-state index contributed by atoms with van der Waals surface area (Å²) in [5.41, 5.74) is 0. The second-order valence-corrected chi connectivity index (χ2v) is 19.7. The second-order valence-electron chi connectivity index (χ2n) is 19.7. The van der Waals surface area contributed by atoms with Gasteiger partial charge in [0.2, 0.25) is 5.91 Å². The molecule has 65 heavy (non-hydrogen) atoms. The number of rotatable bonds is 52. The Morgan fingerprint density at radius 3 is 1.25 bits per heavy atom. The van der Waals surface area contributed by atoms with E-state index in [2.05, 4.69) is 62.5 Å². The van der Waals surface area contributed by atoms with Crippen LogP contribution >= 0.6 is 0 Å². The van der Waals surface area contributed by atoms with Gasteiger partial charge in [-0.05, 0) is 57.8 Å². The SMILES string of the molecule is CC/C=C/C/C=C/C/C=C/CCCCC(CC(=O)NC(CO)C(O)CCCCCCCCCCCCCCCCCCC)OC(=O)CCCCCCCCCCCCCCCCCCC. The molecule has 0 rings (SSSR count). The van der Waals surface area contributed by atoms with E-state index in [0.717, 1.165) is 77.0 Å². The molecule has 0 spiro atoms. The van der Waals surface area contributed by atoms with Gasteiger partial charge >= 0.3 is 5.97 Å². The quantitative estimate of drug-likeness (QED) is 0.0321. The van der Waals surface area contributed by atoms with Crippen LogP contribution in [0, 0.1) is 0 Å². The minimum Gasteiger partial charge on any atom is -0.462 e. The van der Waals surface area contributed by atoms with E-state index < -0.39 is 18.2 Å². The molecule has 3 N–H and O–H groups in total. The first kappa shape index (κ1) is 63.1. The van der Waals surface area contributed by atoms with Crippen LogP contribution in [0.3, 0.4) is 0 Å². The number of nitrogens with one attached hydrogen (secondary N) is 1. The Balaban J connectivity index is 4.48. The van der Waals surface area contributed by atoms with Gasteiger partial charge in [-0.25, -0.2) is 0 Å². The Labute approximate surface area is 404 Å². The maximum Gasteiger partial charge on any atom is 0.306 e. The molecule has 3 unspecified atom stereocenters. The number of carbonyl (C=O) groups excluding carboxylic acids is 2. The number of unbranched alkanes of at least 4 members (excludes halogenated alkanes) is 34. The normalized spacial score (nSPS) is 13.4. The first-order chi connectivity index (χ1) is 32.0. The molecule has 0 aromatic carbocycles. The van der Waals surface area contributed by atoms with Gasteiger partial charge in [0.05, 0.1) is 25.2 Å². The van der Waals surface area contributed by atoms with Crippen LogP contribution in [-0.4, -0.2) is 46.9 Å². The number of aliphatic hydroxyl groups is 2. The largest absolute Gasteiger partial charge is 0.462 e. The standard InChI is InChI=1S/C59H111NO5/c1-4-7-10-13-16-19-22-25-27-29-31-33-36-39-42-45-48-51-57(62)56(54-61)60-58(63)53-55(50-47-44-41-38-35-24-21-18-15-12-9-6-3)65-59(64)52-49-46-43-40-37-34-32-30-28-26-23-20-17-14-11-8-5-2/h9,12,18,21,35,38,55-57,61-62H,4-8,10-11,13-17,19-20,22-34,36-37,39-54H2,1-3H3,(H,60,63)/b12-9+,21-18+,38-35+. The molecule has 0 aliphatic carbocycles. The molecule has 0 fully saturated rings. The van der Waals surface area contributed by atoms with E-state index in [0.29, 0.717) is 19.3 Å². The minimum absolute atomic E-state index is 0.0558. The van der Waals surface area contributed by atoms with E-state index in [4.69, 9.17) is 4.74 Å². The molecular weight excluding hydrogens is 803 g/mol. The van der Waals surface area contributed by atoms with E-state index in [9.17, 15) is 19.8 Å². The zero-order valence-electron chi connectivity index (χ0n) is 43.6. The number of hydrogen-bond acceptors (Lipinski definition) is 5. The Hall–Kier alpha value is -1.92. The average molecular weight is 915 g/mol. The maximum atomic E-state index is 13.2. The van der Waals surface area contributed by atoms with E-state index in [-0.39, 0.29) is 24.9 Å². The van der Waals surface area contributed by atoms with Crippen LogP contribution in [0.4, 0.5) is 0 Å². The summed E-state index contributed by atoms with van der Waals surface area (Å²) < 4.78 is 5.93. The van der Waals surface area contributed by atoms with Gasteiger partial charge in [-0.15, -0.1) is 0 Å². The highest BCUT2D eigenvalue weighted by atomic mass is 16.5. The van der Waals surface area contributed by atoms with Crippen LogP contribution in [0.25, 0.3) is 0 Å². The van der Waals surface area contributed by atoms with Gasteiger partial charge in [0.15, 0.2) is 0 Å². The number of esters is 1. The summed E-state index contributed by atoms with van der Waals surface area (Å²) >= 11 is 0. The molecule has 0 heterocycles. The lowest BCUT2D eigenvalue weighted by atomic mass is 10.0. The highest BCUT2D eigenvalue weighted by Crippen LogP contribution is 2.18. The minimum atomic E-state index is -0.796. The van der Waals surface area contributed by atoms with Crippen LogP contribution in [0.15, 0.2) is 36.5 Å². The summed E-state index contributed by atoms with van der Waals surface area (Å²) in [4.78, 5) is 26.2. The van der Waals surface area contributed by atoms with Crippen LogP contribution < -0.4 is 5.32 Å². The Morgan fingerprint density at radius 1 is 0.462 bits per heavy atom. The summed E-state index contributed by atoms with van der Waals surface area (Å²) in [7, 11) is 0. The molecule has 1 amide bonds. The molecule has 3 atom stereocenters. The zero-order chi connectivity index (χ0) is 47.4. The fourth-order valence-corrected chi connectivity index (χ4v) is 8.92. The molecular formula is C59H111NO5. The van der Waals surface area contributed by atoms with Crippen molar-refractivity contribution < 1.29 is 24.5 Å². The van der Waals surface area contributed by atoms with Crippen LogP contribution in [0.5, 0.6) is 0 Å². The number of amides is 1. The van der Waals surface area contributed by atoms with Gasteiger partial charge in [0, 0.05) is 6.42 Å². The summed E-state index contributed by atoms with van der Waals surface area (Å²) in [5, 5.41) is 23.9. The molecule has 0 aliphatic rings. The maximum absolute atomic E-state index is 13.2. The van der Waals surface area contributed by atoms with Crippen molar-refractivity contribution in [2.75, 3.05) is 6.61 Å². The van der Waals surface area contributed by atoms with Gasteiger partial charge < -0.3 is 20.3 Å². The monoisotopic (exact) mass is 914 g/mol. The van der Waals surface area contributed by atoms with E-state index >= 15 is 0 Å². The molecule has 382 valence electrons. The number of carbonyl (C=O) groups is 2. The van der Waals surface area contributed by atoms with Crippen molar-refractivity contribution in [2.24, 2.45) is 0 Å². The van der Waals surface area contributed by atoms with Crippen molar-refractivity contribution in [1.29, 1.82) is 0 Å². The highest BCUT2D eigenvalue weighted by molar-refractivity contribution is 5.77. The number of aliphatic hydroxyl groups excluding tert-OH is 2. The molecule has 0 saturated carbocycles. The van der Waals surface area contributed by atoms with Gasteiger partial charge in [-0.2, -0.15) is 0 Å². The summed E-state index contributed by atoms with van der Waals surface area (Å²) in [5.74, 6) is -0.497. The molecule has 0 aliphatic heterocycles. The highest BCUT2D eigenvalue weighted by Gasteiger charge is 2.24. The van der Waals surface area contributed by atoms with Crippen molar-refractivity contribution in [3.63, 3.8) is 0 Å². The summed E-state index contributed by atoms with van der Waals surface area (Å²) in [6.07, 6.45) is 63.6. The van der Waals surface area contributed by atoms with E-state index in [1.54, 1.807) is 0 Å². The van der Waals surface area contributed by atoms with E-state index in [1.165, 1.54) is 180 Å². The fraction of sp³-hybridized carbons (Fsp3) is 0.864. The first-order valence-corrected chi connectivity index (χ1v) is 28.7. The second kappa shape index (κ2) is 53.0. The fourth-order valence-electron chi connectivity index (χ4n) is 8.92. The molecule has 0 aromatic heterocycles. The lowest BCUT2D eigenvalue weighted by molar-refractivity contribution is -0.151. The Kier molecular flexibility index (Phi) is 51.5. The summed E-state index contributed by atoms with van der Waals surface area (Å²) in [6, 6.07) is -0.711. The molecule has 0 bridgehead atoms. The van der Waals surface area contributed by atoms with E-state index in [1.807, 2.05) is 0 Å². The van der Waals surface area contributed by atoms with Crippen molar-refractivity contribution in [1.82, 2.24) is 5.32 Å². The molecule has 6 heteroatoms. The van der Waals surface area contributed by atoms with Crippen LogP contribution in [-0.2, 0) is 14.3 Å². The Bertz CT molecular complexity index is 1070. The topological polar surface area (TPSA) is 95.9 Å². The van der Waals surface area contributed by atoms with Crippen molar-refractivity contribution in [3.8, 4) is 0 Å². The smallest absolute Gasteiger partial charge is 0.306 e. The van der Waals surface area contributed by atoms with Gasteiger partial charge in [-0.1, -0.05) is 269 Å². The lowest BCUT2D eigenvalue weighted by Gasteiger charge is -2.24. The van der Waals surface area contributed by atoms with Gasteiger partial charge in [0.25, 0.3) is 0 Å². The molecule has 6 nitrogen and oxygen atoms in total. The Morgan fingerprint density at radius 2 is 0.831 bits per heavy atom. The molecule has 0 saturated heterocycles. The summed E-state index contributed by atoms with van der Waals surface area (Å²) in [6.45, 7) is 6.40. The third-order valence-electron chi connectivity index (χ3n) is 13.2. The van der Waals surface area contributed by atoms with Gasteiger partial charge in [-0.3, -0.25) is 9.59 Å². The van der Waals surface area contributed by atoms with Crippen LogP contribution in [0.1, 0.15) is 303 Å². The predicted octanol–water partition coefficient (Wildman–Crippen LogP) is 17.6. The zero-order valence-corrected chi connectivity index (χ0v) is 43.6. The molecule has 0 aromatic rings. The number of hydrogen-bond donors (Lipinski definition) is 3. The van der Waals surface area contributed by atoms with Crippen molar-refractivity contribution in [2.45, 2.75) is 322 Å². The van der Waals surface area contributed by atoms with Crippen molar-refractivity contribution in [3.05, 3.63) is 36.5 Å². The van der Waals surface area contributed by atoms with Gasteiger partial charge in [0.1, 0.15) is 6.10 Å². The third-order valence-corrected chi connectivity index (χ3v) is 13.2. The lowest BCUT2D eigenvalue weighted by Crippen LogP contribution is -2.46. The van der Waals surface area contributed by atoms with Crippen LogP contribution in [0.2, 0.25) is 0 Å².